The summed E-state index contributed by atoms with van der Waals surface area (Å²) in [6.45, 7) is 6.77. The van der Waals surface area contributed by atoms with E-state index in [4.69, 9.17) is 5.73 Å². The Kier molecular flexibility index (Phi) is 6.73. The largest absolute Gasteiger partial charge is 0.341 e. The van der Waals surface area contributed by atoms with Crippen molar-refractivity contribution in [2.24, 2.45) is 11.7 Å². The third kappa shape index (κ3) is 5.74. The molecule has 0 aliphatic heterocycles. The Hall–Kier alpha value is -1.35. The normalized spacial score (nSPS) is 13.8. The zero-order valence-electron chi connectivity index (χ0n) is 13.2. The summed E-state index contributed by atoms with van der Waals surface area (Å²) in [5.41, 5.74) is 8.15. The highest BCUT2D eigenvalue weighted by Crippen LogP contribution is 2.14. The molecule has 0 radical (unpaired) electrons. The molecule has 0 aliphatic carbocycles. The molecule has 2 N–H and O–H groups in total. The van der Waals surface area contributed by atoms with Crippen LogP contribution in [0, 0.1) is 12.8 Å². The number of amides is 1. The monoisotopic (exact) mass is 276 g/mol. The lowest BCUT2D eigenvalue weighted by Gasteiger charge is -2.22. The number of aryl methyl sites for hydroxylation is 1. The summed E-state index contributed by atoms with van der Waals surface area (Å²) in [6.07, 6.45) is 2.92. The number of hydrogen-bond acceptors (Lipinski definition) is 2. The second-order valence-electron chi connectivity index (χ2n) is 5.99. The quantitative estimate of drug-likeness (QED) is 0.831. The summed E-state index contributed by atoms with van der Waals surface area (Å²) in [7, 11) is 1.88. The van der Waals surface area contributed by atoms with Gasteiger partial charge in [0.05, 0.1) is 0 Å². The maximum absolute atomic E-state index is 12.3. The topological polar surface area (TPSA) is 46.3 Å². The minimum absolute atomic E-state index is 0.0727. The number of benzene rings is 1. The van der Waals surface area contributed by atoms with Gasteiger partial charge >= 0.3 is 0 Å². The molecule has 1 aromatic rings. The first-order chi connectivity index (χ1) is 9.40. The summed E-state index contributed by atoms with van der Waals surface area (Å²) in [4.78, 5) is 14.1. The fraction of sp³-hybridized carbons (Fsp3) is 0.588. The van der Waals surface area contributed by atoms with E-state index >= 15 is 0 Å². The summed E-state index contributed by atoms with van der Waals surface area (Å²) in [6, 6.07) is 8.53. The number of carbonyl (C=O) groups is 1. The Morgan fingerprint density at radius 2 is 2.00 bits per heavy atom. The van der Waals surface area contributed by atoms with Gasteiger partial charge in [0.15, 0.2) is 0 Å². The van der Waals surface area contributed by atoms with E-state index < -0.39 is 0 Å². The van der Waals surface area contributed by atoms with Crippen molar-refractivity contribution < 1.29 is 4.79 Å². The van der Waals surface area contributed by atoms with Crippen molar-refractivity contribution >= 4 is 5.91 Å². The van der Waals surface area contributed by atoms with Crippen LogP contribution in [0.15, 0.2) is 24.3 Å². The zero-order chi connectivity index (χ0) is 15.1. The van der Waals surface area contributed by atoms with Gasteiger partial charge in [0.25, 0.3) is 0 Å². The van der Waals surface area contributed by atoms with Crippen molar-refractivity contribution in [1.82, 2.24) is 4.90 Å². The van der Waals surface area contributed by atoms with Crippen LogP contribution in [0.3, 0.4) is 0 Å². The molecular weight excluding hydrogens is 248 g/mol. The van der Waals surface area contributed by atoms with E-state index in [1.165, 1.54) is 11.1 Å². The number of carbonyl (C=O) groups excluding carboxylic acids is 1. The van der Waals surface area contributed by atoms with Gasteiger partial charge in [-0.15, -0.1) is 0 Å². The standard InChI is InChI=1S/C17H28N2O/c1-13-7-5-10-16(11-13)12-19(4)17(20)14(2)8-6-9-15(3)18/h5,7,10-11,14-15H,6,8-9,12,18H2,1-4H3. The third-order valence-corrected chi connectivity index (χ3v) is 3.60. The minimum Gasteiger partial charge on any atom is -0.341 e. The van der Waals surface area contributed by atoms with E-state index in [2.05, 4.69) is 25.1 Å². The van der Waals surface area contributed by atoms with Gasteiger partial charge in [0.2, 0.25) is 5.91 Å². The molecule has 112 valence electrons. The molecule has 3 heteroatoms. The highest BCUT2D eigenvalue weighted by atomic mass is 16.2. The molecule has 0 aliphatic rings. The van der Waals surface area contributed by atoms with Crippen molar-refractivity contribution in [2.45, 2.75) is 52.6 Å². The van der Waals surface area contributed by atoms with Crippen molar-refractivity contribution in [3.8, 4) is 0 Å². The molecule has 0 saturated heterocycles. The molecule has 0 spiro atoms. The third-order valence-electron chi connectivity index (χ3n) is 3.60. The van der Waals surface area contributed by atoms with Crippen LogP contribution < -0.4 is 5.73 Å². The summed E-state index contributed by atoms with van der Waals surface area (Å²) < 4.78 is 0. The van der Waals surface area contributed by atoms with Crippen LogP contribution in [-0.2, 0) is 11.3 Å². The van der Waals surface area contributed by atoms with Crippen molar-refractivity contribution in [1.29, 1.82) is 0 Å². The maximum atomic E-state index is 12.3. The number of nitrogens with zero attached hydrogens (tertiary/aromatic N) is 1. The van der Waals surface area contributed by atoms with Crippen molar-refractivity contribution in [3.63, 3.8) is 0 Å². The highest BCUT2D eigenvalue weighted by Gasteiger charge is 2.17. The van der Waals surface area contributed by atoms with Gasteiger partial charge in [0.1, 0.15) is 0 Å². The summed E-state index contributed by atoms with van der Waals surface area (Å²) in [5.74, 6) is 0.291. The molecule has 2 atom stereocenters. The molecular formula is C17H28N2O. The lowest BCUT2D eigenvalue weighted by Crippen LogP contribution is -2.31. The molecule has 1 rings (SSSR count). The van der Waals surface area contributed by atoms with E-state index in [9.17, 15) is 4.79 Å². The summed E-state index contributed by atoms with van der Waals surface area (Å²) >= 11 is 0. The molecule has 1 aromatic carbocycles. The Morgan fingerprint density at radius 3 is 2.60 bits per heavy atom. The highest BCUT2D eigenvalue weighted by molar-refractivity contribution is 5.78. The first-order valence-electron chi connectivity index (χ1n) is 7.46. The van der Waals surface area contributed by atoms with Crippen molar-refractivity contribution in [3.05, 3.63) is 35.4 Å². The minimum atomic E-state index is 0.0727. The molecule has 0 bridgehead atoms. The van der Waals surface area contributed by atoms with Gasteiger partial charge in [-0.05, 0) is 32.3 Å². The number of hydrogen-bond donors (Lipinski definition) is 1. The molecule has 3 nitrogen and oxygen atoms in total. The predicted molar refractivity (Wildman–Crippen MR) is 84.3 cm³/mol. The van der Waals surface area contributed by atoms with Crippen LogP contribution in [0.4, 0.5) is 0 Å². The Labute approximate surface area is 123 Å². The maximum Gasteiger partial charge on any atom is 0.225 e. The van der Waals surface area contributed by atoms with Crippen LogP contribution in [0.2, 0.25) is 0 Å². The predicted octanol–water partition coefficient (Wildman–Crippen LogP) is 3.11. The SMILES string of the molecule is Cc1cccc(CN(C)C(=O)C(C)CCCC(C)N)c1. The Balaban J connectivity index is 2.45. The lowest BCUT2D eigenvalue weighted by atomic mass is 10.0. The number of nitrogens with two attached hydrogens (primary N) is 1. The fourth-order valence-corrected chi connectivity index (χ4v) is 2.41. The summed E-state index contributed by atoms with van der Waals surface area (Å²) in [5, 5.41) is 0. The van der Waals surface area contributed by atoms with Gasteiger partial charge in [-0.3, -0.25) is 4.79 Å². The molecule has 0 heterocycles. The van der Waals surface area contributed by atoms with E-state index in [0.29, 0.717) is 6.54 Å². The van der Waals surface area contributed by atoms with E-state index in [1.54, 1.807) is 0 Å². The van der Waals surface area contributed by atoms with Crippen LogP contribution in [0.25, 0.3) is 0 Å². The average Bonchev–Trinajstić information content (AvgIpc) is 2.37. The van der Waals surface area contributed by atoms with E-state index in [1.807, 2.05) is 31.9 Å². The molecule has 0 fully saturated rings. The average molecular weight is 276 g/mol. The smallest absolute Gasteiger partial charge is 0.225 e. The van der Waals surface area contributed by atoms with Crippen LogP contribution in [-0.4, -0.2) is 23.9 Å². The molecule has 1 amide bonds. The van der Waals surface area contributed by atoms with Gasteiger partial charge in [-0.2, -0.15) is 0 Å². The van der Waals surface area contributed by atoms with Crippen LogP contribution in [0.5, 0.6) is 0 Å². The van der Waals surface area contributed by atoms with Gasteiger partial charge in [-0.25, -0.2) is 0 Å². The molecule has 0 saturated carbocycles. The second-order valence-corrected chi connectivity index (χ2v) is 5.99. The Bertz CT molecular complexity index is 429. The first kappa shape index (κ1) is 16.7. The fourth-order valence-electron chi connectivity index (χ4n) is 2.41. The van der Waals surface area contributed by atoms with Crippen LogP contribution in [0.1, 0.15) is 44.2 Å². The lowest BCUT2D eigenvalue weighted by molar-refractivity contribution is -0.134. The van der Waals surface area contributed by atoms with E-state index in [-0.39, 0.29) is 17.9 Å². The Morgan fingerprint density at radius 1 is 1.30 bits per heavy atom. The van der Waals surface area contributed by atoms with Gasteiger partial charge in [0, 0.05) is 25.6 Å². The van der Waals surface area contributed by atoms with Gasteiger partial charge < -0.3 is 10.6 Å². The first-order valence-corrected chi connectivity index (χ1v) is 7.46. The molecule has 2 unspecified atom stereocenters. The number of rotatable bonds is 7. The van der Waals surface area contributed by atoms with Crippen LogP contribution >= 0.6 is 0 Å². The second kappa shape index (κ2) is 8.05. The zero-order valence-corrected chi connectivity index (χ0v) is 13.2. The van der Waals surface area contributed by atoms with E-state index in [0.717, 1.165) is 19.3 Å². The van der Waals surface area contributed by atoms with Gasteiger partial charge in [-0.1, -0.05) is 43.2 Å². The molecule has 20 heavy (non-hydrogen) atoms. The van der Waals surface area contributed by atoms with Crippen molar-refractivity contribution in [2.75, 3.05) is 7.05 Å². The molecule has 0 aromatic heterocycles.